The quantitative estimate of drug-likeness (QED) is 0.769. The lowest BCUT2D eigenvalue weighted by Crippen LogP contribution is -2.47. The molecule has 0 spiro atoms. The number of carbonyl (C=O) groups excluding carboxylic acids is 2. The van der Waals surface area contributed by atoms with Crippen molar-refractivity contribution in [2.45, 2.75) is 18.9 Å². The van der Waals surface area contributed by atoms with E-state index in [9.17, 15) is 14.4 Å². The number of para-hydroxylation sites is 1. The third kappa shape index (κ3) is 5.13. The molecule has 0 bridgehead atoms. The Morgan fingerprint density at radius 1 is 1.29 bits per heavy atom. The highest BCUT2D eigenvalue weighted by Crippen LogP contribution is 2.11. The predicted molar refractivity (Wildman–Crippen MR) is 76.1 cm³/mol. The number of urea groups is 1. The van der Waals surface area contributed by atoms with Crippen molar-refractivity contribution in [1.29, 1.82) is 0 Å². The van der Waals surface area contributed by atoms with E-state index < -0.39 is 24.0 Å². The molecule has 0 aromatic heterocycles. The summed E-state index contributed by atoms with van der Waals surface area (Å²) in [5.41, 5.74) is 0.632. The van der Waals surface area contributed by atoms with Crippen molar-refractivity contribution in [3.8, 4) is 0 Å². The molecule has 2 N–H and O–H groups in total. The molecule has 0 saturated carbocycles. The lowest BCUT2D eigenvalue weighted by Gasteiger charge is -2.21. The number of esters is 1. The van der Waals surface area contributed by atoms with Gasteiger partial charge in [0.05, 0.1) is 7.11 Å². The summed E-state index contributed by atoms with van der Waals surface area (Å²) in [5, 5.41) is 11.4. The zero-order chi connectivity index (χ0) is 15.8. The minimum absolute atomic E-state index is 0.0314. The summed E-state index contributed by atoms with van der Waals surface area (Å²) < 4.78 is 4.45. The fraction of sp³-hybridized carbons (Fsp3) is 0.357. The van der Waals surface area contributed by atoms with Gasteiger partial charge in [0.15, 0.2) is 0 Å². The summed E-state index contributed by atoms with van der Waals surface area (Å²) in [7, 11) is 2.75. The number of benzene rings is 1. The number of amides is 2. The van der Waals surface area contributed by atoms with E-state index in [1.54, 1.807) is 24.3 Å². The summed E-state index contributed by atoms with van der Waals surface area (Å²) in [4.78, 5) is 35.5. The van der Waals surface area contributed by atoms with Crippen LogP contribution in [0.4, 0.5) is 10.5 Å². The first-order valence-electron chi connectivity index (χ1n) is 6.34. The summed E-state index contributed by atoms with van der Waals surface area (Å²) >= 11 is 0. The van der Waals surface area contributed by atoms with Gasteiger partial charge in [-0.3, -0.25) is 9.69 Å². The van der Waals surface area contributed by atoms with Crippen molar-refractivity contribution in [1.82, 2.24) is 5.32 Å². The second-order valence-electron chi connectivity index (χ2n) is 4.35. The number of anilines is 1. The van der Waals surface area contributed by atoms with Gasteiger partial charge in [-0.2, -0.15) is 0 Å². The summed E-state index contributed by atoms with van der Waals surface area (Å²) in [6.45, 7) is 0. The van der Waals surface area contributed by atoms with Gasteiger partial charge in [-0.25, -0.2) is 9.59 Å². The Morgan fingerprint density at radius 2 is 1.90 bits per heavy atom. The SMILES string of the molecule is COC(=O)CC[C@@H](NC(=O)N(C)c1ccccc1)C(=O)O. The molecule has 2 amide bonds. The van der Waals surface area contributed by atoms with Crippen molar-refractivity contribution in [2.24, 2.45) is 0 Å². The fourth-order valence-electron chi connectivity index (χ4n) is 1.64. The van der Waals surface area contributed by atoms with Gasteiger partial charge in [-0.1, -0.05) is 18.2 Å². The normalized spacial score (nSPS) is 11.3. The van der Waals surface area contributed by atoms with Crippen LogP contribution in [0.25, 0.3) is 0 Å². The Balaban J connectivity index is 2.64. The first kappa shape index (κ1) is 16.5. The van der Waals surface area contributed by atoms with Gasteiger partial charge in [0.1, 0.15) is 6.04 Å². The van der Waals surface area contributed by atoms with Gasteiger partial charge in [0.25, 0.3) is 0 Å². The van der Waals surface area contributed by atoms with Crippen LogP contribution in [-0.2, 0) is 14.3 Å². The molecular weight excluding hydrogens is 276 g/mol. The smallest absolute Gasteiger partial charge is 0.326 e. The molecule has 0 aliphatic carbocycles. The van der Waals surface area contributed by atoms with Crippen LogP contribution in [0.1, 0.15) is 12.8 Å². The Kier molecular flexibility index (Phi) is 6.19. The number of nitrogens with one attached hydrogen (secondary N) is 1. The van der Waals surface area contributed by atoms with E-state index in [1.807, 2.05) is 6.07 Å². The first-order chi connectivity index (χ1) is 9.95. The predicted octanol–water partition coefficient (Wildman–Crippen LogP) is 1.24. The van der Waals surface area contributed by atoms with Crippen molar-refractivity contribution in [3.63, 3.8) is 0 Å². The minimum atomic E-state index is -1.20. The Labute approximate surface area is 122 Å². The molecule has 114 valence electrons. The molecule has 0 radical (unpaired) electrons. The number of hydrogen-bond donors (Lipinski definition) is 2. The molecule has 21 heavy (non-hydrogen) atoms. The number of rotatable bonds is 6. The van der Waals surface area contributed by atoms with Crippen molar-refractivity contribution in [2.75, 3.05) is 19.1 Å². The van der Waals surface area contributed by atoms with Crippen LogP contribution >= 0.6 is 0 Å². The number of aliphatic carboxylic acids is 1. The molecule has 0 aliphatic rings. The summed E-state index contributed by atoms with van der Waals surface area (Å²) in [6, 6.07) is 7.09. The Hall–Kier alpha value is -2.57. The molecule has 1 aromatic carbocycles. The van der Waals surface area contributed by atoms with Gasteiger partial charge in [0, 0.05) is 19.2 Å². The van der Waals surface area contributed by atoms with Crippen LogP contribution in [0.15, 0.2) is 30.3 Å². The minimum Gasteiger partial charge on any atom is -0.480 e. The second-order valence-corrected chi connectivity index (χ2v) is 4.35. The number of carboxylic acids is 1. The lowest BCUT2D eigenvalue weighted by atomic mass is 10.1. The van der Waals surface area contributed by atoms with Crippen LogP contribution < -0.4 is 10.2 Å². The topological polar surface area (TPSA) is 95.9 Å². The second kappa shape index (κ2) is 7.88. The third-order valence-corrected chi connectivity index (χ3v) is 2.91. The fourth-order valence-corrected chi connectivity index (χ4v) is 1.64. The lowest BCUT2D eigenvalue weighted by molar-refractivity contribution is -0.142. The molecule has 1 atom stereocenters. The van der Waals surface area contributed by atoms with E-state index >= 15 is 0 Å². The highest BCUT2D eigenvalue weighted by molar-refractivity contribution is 5.94. The molecule has 1 aromatic rings. The number of hydrogen-bond acceptors (Lipinski definition) is 4. The molecule has 7 nitrogen and oxygen atoms in total. The highest BCUT2D eigenvalue weighted by Gasteiger charge is 2.23. The summed E-state index contributed by atoms with van der Waals surface area (Å²) in [5.74, 6) is -1.72. The van der Waals surface area contributed by atoms with Gasteiger partial charge in [-0.05, 0) is 18.6 Å². The molecule has 7 heteroatoms. The maximum absolute atomic E-state index is 12.0. The standard InChI is InChI=1S/C14H18N2O5/c1-16(10-6-4-3-5-7-10)14(20)15-11(13(18)19)8-9-12(17)21-2/h3-7,11H,8-9H2,1-2H3,(H,15,20)(H,18,19)/t11-/m1/s1. The van der Waals surface area contributed by atoms with Crippen molar-refractivity contribution < 1.29 is 24.2 Å². The summed E-state index contributed by atoms with van der Waals surface area (Å²) in [6.07, 6.45) is -0.112. The number of carbonyl (C=O) groups is 3. The van der Waals surface area contributed by atoms with Crippen LogP contribution in [0.2, 0.25) is 0 Å². The van der Waals surface area contributed by atoms with Crippen molar-refractivity contribution in [3.05, 3.63) is 30.3 Å². The van der Waals surface area contributed by atoms with E-state index in [-0.39, 0.29) is 12.8 Å². The van der Waals surface area contributed by atoms with E-state index in [1.165, 1.54) is 19.1 Å². The maximum atomic E-state index is 12.0. The molecular formula is C14H18N2O5. The van der Waals surface area contributed by atoms with E-state index in [2.05, 4.69) is 10.1 Å². The van der Waals surface area contributed by atoms with Crippen LogP contribution in [0.3, 0.4) is 0 Å². The van der Waals surface area contributed by atoms with Crippen LogP contribution in [0, 0.1) is 0 Å². The van der Waals surface area contributed by atoms with Gasteiger partial charge in [0.2, 0.25) is 0 Å². The zero-order valence-corrected chi connectivity index (χ0v) is 11.9. The average molecular weight is 294 g/mol. The molecule has 1 rings (SSSR count). The van der Waals surface area contributed by atoms with E-state index in [0.717, 1.165) is 0 Å². The number of methoxy groups -OCH3 is 1. The average Bonchev–Trinajstić information content (AvgIpc) is 2.50. The van der Waals surface area contributed by atoms with Crippen LogP contribution in [0.5, 0.6) is 0 Å². The van der Waals surface area contributed by atoms with Crippen LogP contribution in [-0.4, -0.2) is 43.3 Å². The largest absolute Gasteiger partial charge is 0.480 e. The highest BCUT2D eigenvalue weighted by atomic mass is 16.5. The van der Waals surface area contributed by atoms with E-state index in [4.69, 9.17) is 5.11 Å². The third-order valence-electron chi connectivity index (χ3n) is 2.91. The molecule has 0 aliphatic heterocycles. The van der Waals surface area contributed by atoms with E-state index in [0.29, 0.717) is 5.69 Å². The Bertz CT molecular complexity index is 503. The zero-order valence-electron chi connectivity index (χ0n) is 11.9. The number of ether oxygens (including phenoxy) is 1. The first-order valence-corrected chi connectivity index (χ1v) is 6.34. The monoisotopic (exact) mass is 294 g/mol. The molecule has 0 unspecified atom stereocenters. The number of carboxylic acid groups (broad SMARTS) is 1. The molecule has 0 fully saturated rings. The maximum Gasteiger partial charge on any atom is 0.326 e. The van der Waals surface area contributed by atoms with Gasteiger partial charge >= 0.3 is 18.0 Å². The molecule has 0 heterocycles. The Morgan fingerprint density at radius 3 is 2.43 bits per heavy atom. The molecule has 0 saturated heterocycles. The van der Waals surface area contributed by atoms with Gasteiger partial charge < -0.3 is 15.2 Å². The number of nitrogens with zero attached hydrogens (tertiary/aromatic N) is 1. The van der Waals surface area contributed by atoms with Gasteiger partial charge in [-0.15, -0.1) is 0 Å². The van der Waals surface area contributed by atoms with Crippen molar-refractivity contribution >= 4 is 23.7 Å².